The van der Waals surface area contributed by atoms with Crippen LogP contribution in [-0.4, -0.2) is 43.8 Å². The fraction of sp³-hybridized carbons (Fsp3) is 0.500. The van der Waals surface area contributed by atoms with Crippen LogP contribution in [0.2, 0.25) is 0 Å². The third-order valence-electron chi connectivity index (χ3n) is 3.97. The summed E-state index contributed by atoms with van der Waals surface area (Å²) < 4.78 is 23.0. The molecule has 1 unspecified atom stereocenters. The number of carbonyl (C=O) groups is 2. The fourth-order valence-corrected chi connectivity index (χ4v) is 4.81. The van der Waals surface area contributed by atoms with Crippen molar-refractivity contribution in [3.05, 3.63) is 35.4 Å². The van der Waals surface area contributed by atoms with Gasteiger partial charge in [-0.15, -0.1) is 0 Å². The molecule has 0 aliphatic carbocycles. The van der Waals surface area contributed by atoms with Crippen LogP contribution in [0.4, 0.5) is 0 Å². The number of sulfone groups is 1. The molecule has 1 atom stereocenters. The number of carbonyl (C=O) groups excluding carboxylic acids is 2. The van der Waals surface area contributed by atoms with E-state index in [0.29, 0.717) is 12.0 Å². The first-order valence-electron chi connectivity index (χ1n) is 7.56. The third-order valence-corrected chi connectivity index (χ3v) is 5.87. The van der Waals surface area contributed by atoms with Gasteiger partial charge in [0.1, 0.15) is 0 Å². The highest BCUT2D eigenvalue weighted by Gasteiger charge is 2.39. The summed E-state index contributed by atoms with van der Waals surface area (Å²) in [6.07, 6.45) is 0.546. The molecular formula is C16H22N2O4S. The van der Waals surface area contributed by atoms with Crippen molar-refractivity contribution in [1.82, 2.24) is 10.6 Å². The smallest absolute Gasteiger partial charge is 0.251 e. The van der Waals surface area contributed by atoms with E-state index in [1.54, 1.807) is 19.1 Å². The summed E-state index contributed by atoms with van der Waals surface area (Å²) >= 11 is 0. The predicted molar refractivity (Wildman–Crippen MR) is 87.9 cm³/mol. The topological polar surface area (TPSA) is 92.3 Å². The molecule has 126 valence electrons. The van der Waals surface area contributed by atoms with Crippen LogP contribution in [-0.2, 0) is 14.6 Å². The molecule has 7 heteroatoms. The summed E-state index contributed by atoms with van der Waals surface area (Å²) in [6.45, 7) is 3.80. The van der Waals surface area contributed by atoms with Crippen LogP contribution >= 0.6 is 0 Å². The van der Waals surface area contributed by atoms with Crippen LogP contribution in [0.25, 0.3) is 0 Å². The second kappa shape index (κ2) is 6.70. The fourth-order valence-electron chi connectivity index (χ4n) is 2.72. The zero-order valence-corrected chi connectivity index (χ0v) is 14.2. The Morgan fingerprint density at radius 1 is 1.26 bits per heavy atom. The van der Waals surface area contributed by atoms with E-state index in [1.807, 2.05) is 19.1 Å². The molecule has 23 heavy (non-hydrogen) atoms. The maximum absolute atomic E-state index is 12.0. The molecule has 2 rings (SSSR count). The van der Waals surface area contributed by atoms with E-state index in [2.05, 4.69) is 10.6 Å². The number of hydrogen-bond acceptors (Lipinski definition) is 4. The standard InChI is InChI=1S/C16H22N2O4S/c1-12-5-3-4-6-13(12)15(20)17-9-7-14(19)18-16(2)8-10-23(21,22)11-16/h3-6H,7-11H2,1-2H3,(H,17,20)(H,18,19). The van der Waals surface area contributed by atoms with Gasteiger partial charge in [0.25, 0.3) is 5.91 Å². The van der Waals surface area contributed by atoms with E-state index >= 15 is 0 Å². The molecule has 2 N–H and O–H groups in total. The highest BCUT2D eigenvalue weighted by Crippen LogP contribution is 2.22. The van der Waals surface area contributed by atoms with Crippen molar-refractivity contribution in [2.75, 3.05) is 18.1 Å². The highest BCUT2D eigenvalue weighted by atomic mass is 32.2. The van der Waals surface area contributed by atoms with E-state index in [9.17, 15) is 18.0 Å². The molecule has 0 saturated carbocycles. The first-order chi connectivity index (χ1) is 10.7. The lowest BCUT2D eigenvalue weighted by Crippen LogP contribution is -2.47. The Hall–Kier alpha value is -1.89. The zero-order chi connectivity index (χ0) is 17.1. The molecule has 1 aliphatic heterocycles. The summed E-state index contributed by atoms with van der Waals surface area (Å²) in [5.41, 5.74) is 0.760. The molecule has 0 aromatic heterocycles. The highest BCUT2D eigenvalue weighted by molar-refractivity contribution is 7.91. The van der Waals surface area contributed by atoms with Crippen molar-refractivity contribution in [2.45, 2.75) is 32.2 Å². The molecule has 2 amide bonds. The van der Waals surface area contributed by atoms with Gasteiger partial charge in [0, 0.05) is 18.5 Å². The lowest BCUT2D eigenvalue weighted by Gasteiger charge is -2.23. The molecule has 1 saturated heterocycles. The van der Waals surface area contributed by atoms with Gasteiger partial charge >= 0.3 is 0 Å². The molecule has 0 spiro atoms. The van der Waals surface area contributed by atoms with Gasteiger partial charge in [-0.25, -0.2) is 8.42 Å². The Kier molecular flexibility index (Phi) is 5.09. The lowest BCUT2D eigenvalue weighted by molar-refractivity contribution is -0.122. The average Bonchev–Trinajstić information content (AvgIpc) is 2.72. The van der Waals surface area contributed by atoms with Gasteiger partial charge in [-0.3, -0.25) is 9.59 Å². The van der Waals surface area contributed by atoms with Crippen LogP contribution < -0.4 is 10.6 Å². The summed E-state index contributed by atoms with van der Waals surface area (Å²) in [6, 6.07) is 7.23. The van der Waals surface area contributed by atoms with Crippen molar-refractivity contribution in [3.63, 3.8) is 0 Å². The van der Waals surface area contributed by atoms with E-state index < -0.39 is 15.4 Å². The maximum Gasteiger partial charge on any atom is 0.251 e. The van der Waals surface area contributed by atoms with Crippen LogP contribution in [0.5, 0.6) is 0 Å². The molecule has 6 nitrogen and oxygen atoms in total. The number of aryl methyl sites for hydroxylation is 1. The number of rotatable bonds is 5. The van der Waals surface area contributed by atoms with Crippen LogP contribution in [0.1, 0.15) is 35.7 Å². The minimum Gasteiger partial charge on any atom is -0.352 e. The Morgan fingerprint density at radius 2 is 1.96 bits per heavy atom. The molecule has 1 aromatic rings. The van der Waals surface area contributed by atoms with Crippen LogP contribution in [0, 0.1) is 6.92 Å². The van der Waals surface area contributed by atoms with E-state index in [-0.39, 0.29) is 36.3 Å². The Labute approximate surface area is 136 Å². The third kappa shape index (κ3) is 4.79. The van der Waals surface area contributed by atoms with Crippen molar-refractivity contribution in [2.24, 2.45) is 0 Å². The molecular weight excluding hydrogens is 316 g/mol. The van der Waals surface area contributed by atoms with Crippen molar-refractivity contribution < 1.29 is 18.0 Å². The first-order valence-corrected chi connectivity index (χ1v) is 9.38. The second-order valence-electron chi connectivity index (χ2n) is 6.27. The van der Waals surface area contributed by atoms with Gasteiger partial charge in [-0.05, 0) is 31.9 Å². The molecule has 1 aliphatic rings. The summed E-state index contributed by atoms with van der Waals surface area (Å²) in [4.78, 5) is 24.0. The Morgan fingerprint density at radius 3 is 2.57 bits per heavy atom. The number of hydrogen-bond donors (Lipinski definition) is 2. The molecule has 0 bridgehead atoms. The van der Waals surface area contributed by atoms with Crippen LogP contribution in [0.15, 0.2) is 24.3 Å². The molecule has 1 aromatic carbocycles. The van der Waals surface area contributed by atoms with E-state index in [4.69, 9.17) is 0 Å². The predicted octanol–water partition coefficient (Wildman–Crippen LogP) is 0.808. The number of benzene rings is 1. The largest absolute Gasteiger partial charge is 0.352 e. The lowest BCUT2D eigenvalue weighted by atomic mass is 10.0. The minimum atomic E-state index is -3.06. The van der Waals surface area contributed by atoms with Gasteiger partial charge in [0.2, 0.25) is 5.91 Å². The summed E-state index contributed by atoms with van der Waals surface area (Å²) in [7, 11) is -3.06. The molecule has 1 heterocycles. The zero-order valence-electron chi connectivity index (χ0n) is 13.4. The normalized spacial score (nSPS) is 22.5. The van der Waals surface area contributed by atoms with E-state index in [0.717, 1.165) is 5.56 Å². The second-order valence-corrected chi connectivity index (χ2v) is 8.46. The molecule has 1 fully saturated rings. The summed E-state index contributed by atoms with van der Waals surface area (Å²) in [5, 5.41) is 5.47. The Balaban J connectivity index is 1.79. The summed E-state index contributed by atoms with van der Waals surface area (Å²) in [5.74, 6) is -0.394. The SMILES string of the molecule is Cc1ccccc1C(=O)NCCC(=O)NC1(C)CCS(=O)(=O)C1. The van der Waals surface area contributed by atoms with Crippen molar-refractivity contribution in [3.8, 4) is 0 Å². The molecule has 0 radical (unpaired) electrons. The Bertz CT molecular complexity index is 715. The van der Waals surface area contributed by atoms with Gasteiger partial charge in [0.15, 0.2) is 9.84 Å². The minimum absolute atomic E-state index is 0.0265. The van der Waals surface area contributed by atoms with Crippen LogP contribution in [0.3, 0.4) is 0 Å². The quantitative estimate of drug-likeness (QED) is 0.831. The van der Waals surface area contributed by atoms with Gasteiger partial charge in [-0.2, -0.15) is 0 Å². The number of amides is 2. The first kappa shape index (κ1) is 17.5. The maximum atomic E-state index is 12.0. The number of nitrogens with one attached hydrogen (secondary N) is 2. The average molecular weight is 338 g/mol. The van der Waals surface area contributed by atoms with Crippen molar-refractivity contribution >= 4 is 21.7 Å². The monoisotopic (exact) mass is 338 g/mol. The van der Waals surface area contributed by atoms with Gasteiger partial charge in [0.05, 0.1) is 17.0 Å². The van der Waals surface area contributed by atoms with Gasteiger partial charge < -0.3 is 10.6 Å². The van der Waals surface area contributed by atoms with Crippen molar-refractivity contribution in [1.29, 1.82) is 0 Å². The van der Waals surface area contributed by atoms with Gasteiger partial charge in [-0.1, -0.05) is 18.2 Å². The van der Waals surface area contributed by atoms with E-state index in [1.165, 1.54) is 0 Å².